The largest absolute Gasteiger partial charge is 0.311 e. The Morgan fingerprint density at radius 3 is 2.81 bits per heavy atom. The average Bonchev–Trinajstić information content (AvgIpc) is 3.29. The van der Waals surface area contributed by atoms with Gasteiger partial charge in [0.25, 0.3) is 0 Å². The topological polar surface area (TPSA) is 15.3 Å². The predicted octanol–water partition coefficient (Wildman–Crippen LogP) is 3.83. The fraction of sp³-hybridized carbons (Fsp3) is 0.647. The molecule has 0 spiro atoms. The van der Waals surface area contributed by atoms with Gasteiger partial charge in [-0.25, -0.2) is 4.39 Å². The van der Waals surface area contributed by atoms with Crippen molar-refractivity contribution in [3.05, 3.63) is 34.6 Å². The van der Waals surface area contributed by atoms with Gasteiger partial charge in [-0.2, -0.15) is 0 Å². The highest BCUT2D eigenvalue weighted by atomic mass is 35.5. The van der Waals surface area contributed by atoms with E-state index in [1.54, 1.807) is 0 Å². The van der Waals surface area contributed by atoms with Crippen LogP contribution >= 0.6 is 11.6 Å². The summed E-state index contributed by atoms with van der Waals surface area (Å²) < 4.78 is 13.2. The maximum absolute atomic E-state index is 13.2. The van der Waals surface area contributed by atoms with Crippen molar-refractivity contribution < 1.29 is 4.39 Å². The van der Waals surface area contributed by atoms with Crippen LogP contribution in [0.15, 0.2) is 18.2 Å². The van der Waals surface area contributed by atoms with Crippen LogP contribution in [0.4, 0.5) is 4.39 Å². The van der Waals surface area contributed by atoms with Crippen molar-refractivity contribution in [1.82, 2.24) is 10.2 Å². The van der Waals surface area contributed by atoms with Gasteiger partial charge in [0.1, 0.15) is 5.82 Å². The number of nitrogens with one attached hydrogen (secondary N) is 1. The minimum atomic E-state index is -0.263. The Bertz CT molecular complexity index is 518. The molecule has 1 aliphatic carbocycles. The van der Waals surface area contributed by atoms with E-state index < -0.39 is 0 Å². The first-order valence-electron chi connectivity index (χ1n) is 7.95. The molecule has 0 aromatic heterocycles. The molecule has 3 rings (SSSR count). The Hall–Kier alpha value is -0.640. The van der Waals surface area contributed by atoms with Gasteiger partial charge in [0.15, 0.2) is 0 Å². The maximum Gasteiger partial charge on any atom is 0.124 e. The minimum absolute atomic E-state index is 0.198. The Kier molecular flexibility index (Phi) is 4.26. The number of rotatable bonds is 4. The van der Waals surface area contributed by atoms with Crippen LogP contribution in [0.1, 0.15) is 38.7 Å². The minimum Gasteiger partial charge on any atom is -0.311 e. The monoisotopic (exact) mass is 310 g/mol. The van der Waals surface area contributed by atoms with Crippen LogP contribution in [0.2, 0.25) is 5.02 Å². The molecule has 0 bridgehead atoms. The molecular weight excluding hydrogens is 287 g/mol. The summed E-state index contributed by atoms with van der Waals surface area (Å²) in [4.78, 5) is 2.56. The highest BCUT2D eigenvalue weighted by molar-refractivity contribution is 6.31. The zero-order valence-corrected chi connectivity index (χ0v) is 13.6. The second-order valence-corrected chi connectivity index (χ2v) is 7.14. The molecule has 2 atom stereocenters. The van der Waals surface area contributed by atoms with Gasteiger partial charge in [0.2, 0.25) is 0 Å². The van der Waals surface area contributed by atoms with Gasteiger partial charge in [-0.15, -0.1) is 0 Å². The van der Waals surface area contributed by atoms with E-state index in [1.807, 2.05) is 6.07 Å². The number of benzene rings is 1. The standard InChI is InChI=1S/C17H24ClFN2/c1-3-15-10-21(17(2,11-20-15)13-5-6-13)9-12-4-7-14(19)8-16(12)18/h4,7-8,13,15,20H,3,5-6,9-11H2,1-2H3. The lowest BCUT2D eigenvalue weighted by Crippen LogP contribution is -2.63. The van der Waals surface area contributed by atoms with Crippen molar-refractivity contribution in [2.75, 3.05) is 13.1 Å². The highest BCUT2D eigenvalue weighted by Crippen LogP contribution is 2.44. The number of piperazine rings is 1. The quantitative estimate of drug-likeness (QED) is 0.909. The Balaban J connectivity index is 1.81. The molecule has 116 valence electrons. The second-order valence-electron chi connectivity index (χ2n) is 6.73. The van der Waals surface area contributed by atoms with Crippen LogP contribution in [0.3, 0.4) is 0 Å². The summed E-state index contributed by atoms with van der Waals surface area (Å²) in [6.45, 7) is 7.47. The number of halogens is 2. The van der Waals surface area contributed by atoms with Crippen LogP contribution in [0.5, 0.6) is 0 Å². The smallest absolute Gasteiger partial charge is 0.124 e. The van der Waals surface area contributed by atoms with Crippen molar-refractivity contribution in [2.24, 2.45) is 5.92 Å². The summed E-state index contributed by atoms with van der Waals surface area (Å²) in [5, 5.41) is 4.23. The lowest BCUT2D eigenvalue weighted by atomic mass is 9.88. The van der Waals surface area contributed by atoms with Crippen molar-refractivity contribution in [3.8, 4) is 0 Å². The molecule has 0 amide bonds. The lowest BCUT2D eigenvalue weighted by molar-refractivity contribution is 0.0271. The second kappa shape index (κ2) is 5.86. The van der Waals surface area contributed by atoms with E-state index in [1.165, 1.54) is 25.0 Å². The van der Waals surface area contributed by atoms with E-state index in [0.29, 0.717) is 11.1 Å². The lowest BCUT2D eigenvalue weighted by Gasteiger charge is -2.49. The van der Waals surface area contributed by atoms with Crippen molar-refractivity contribution >= 4 is 11.6 Å². The molecule has 1 aromatic carbocycles. The molecule has 21 heavy (non-hydrogen) atoms. The van der Waals surface area contributed by atoms with Gasteiger partial charge in [-0.05, 0) is 49.8 Å². The van der Waals surface area contributed by atoms with E-state index in [4.69, 9.17) is 11.6 Å². The Morgan fingerprint density at radius 1 is 1.43 bits per heavy atom. The van der Waals surface area contributed by atoms with Crippen LogP contribution < -0.4 is 5.32 Å². The molecule has 0 radical (unpaired) electrons. The summed E-state index contributed by atoms with van der Waals surface area (Å²) >= 11 is 6.23. The van der Waals surface area contributed by atoms with Gasteiger partial charge in [0, 0.05) is 36.2 Å². The maximum atomic E-state index is 13.2. The van der Waals surface area contributed by atoms with E-state index >= 15 is 0 Å². The fourth-order valence-electron chi connectivity index (χ4n) is 3.48. The summed E-state index contributed by atoms with van der Waals surface area (Å²) in [6.07, 6.45) is 3.78. The third kappa shape index (κ3) is 3.10. The molecule has 1 saturated carbocycles. The Labute approximate surface area is 131 Å². The van der Waals surface area contributed by atoms with Crippen LogP contribution in [-0.2, 0) is 6.54 Å². The predicted molar refractivity (Wildman–Crippen MR) is 85.0 cm³/mol. The summed E-state index contributed by atoms with van der Waals surface area (Å²) in [7, 11) is 0. The Morgan fingerprint density at radius 2 is 2.19 bits per heavy atom. The molecule has 1 N–H and O–H groups in total. The van der Waals surface area contributed by atoms with Gasteiger partial charge in [-0.3, -0.25) is 4.90 Å². The molecule has 2 fully saturated rings. The summed E-state index contributed by atoms with van der Waals surface area (Å²) in [6, 6.07) is 5.30. The summed E-state index contributed by atoms with van der Waals surface area (Å²) in [5.74, 6) is 0.516. The number of hydrogen-bond acceptors (Lipinski definition) is 2. The van der Waals surface area contributed by atoms with Crippen molar-refractivity contribution in [3.63, 3.8) is 0 Å². The number of nitrogens with zero attached hydrogens (tertiary/aromatic N) is 1. The zero-order valence-electron chi connectivity index (χ0n) is 12.8. The van der Waals surface area contributed by atoms with Crippen LogP contribution in [-0.4, -0.2) is 29.6 Å². The van der Waals surface area contributed by atoms with Crippen molar-refractivity contribution in [2.45, 2.75) is 51.2 Å². The molecule has 1 aliphatic heterocycles. The molecule has 4 heteroatoms. The fourth-order valence-corrected chi connectivity index (χ4v) is 3.71. The molecular formula is C17H24ClFN2. The third-order valence-electron chi connectivity index (χ3n) is 5.24. The third-order valence-corrected chi connectivity index (χ3v) is 5.59. The molecule has 1 aromatic rings. The summed E-state index contributed by atoms with van der Waals surface area (Å²) in [5.41, 5.74) is 1.23. The normalized spacial score (nSPS) is 30.6. The molecule has 2 nitrogen and oxygen atoms in total. The first-order chi connectivity index (χ1) is 10.0. The van der Waals surface area contributed by atoms with E-state index in [0.717, 1.165) is 37.5 Å². The van der Waals surface area contributed by atoms with Gasteiger partial charge >= 0.3 is 0 Å². The van der Waals surface area contributed by atoms with Gasteiger partial charge < -0.3 is 5.32 Å². The van der Waals surface area contributed by atoms with E-state index in [9.17, 15) is 4.39 Å². The van der Waals surface area contributed by atoms with Crippen LogP contribution in [0, 0.1) is 11.7 Å². The molecule has 2 aliphatic rings. The zero-order chi connectivity index (χ0) is 15.0. The first-order valence-corrected chi connectivity index (χ1v) is 8.33. The van der Waals surface area contributed by atoms with Crippen molar-refractivity contribution in [1.29, 1.82) is 0 Å². The SMILES string of the molecule is CCC1CN(Cc2ccc(F)cc2Cl)C(C)(C2CC2)CN1. The first kappa shape index (κ1) is 15.3. The molecule has 1 saturated heterocycles. The molecule has 2 unspecified atom stereocenters. The van der Waals surface area contributed by atoms with E-state index in [2.05, 4.69) is 24.1 Å². The van der Waals surface area contributed by atoms with Gasteiger partial charge in [0.05, 0.1) is 0 Å². The molecule has 1 heterocycles. The number of hydrogen-bond donors (Lipinski definition) is 1. The average molecular weight is 311 g/mol. The van der Waals surface area contributed by atoms with E-state index in [-0.39, 0.29) is 11.4 Å². The highest BCUT2D eigenvalue weighted by Gasteiger charge is 2.47. The van der Waals surface area contributed by atoms with Gasteiger partial charge in [-0.1, -0.05) is 24.6 Å². The van der Waals surface area contributed by atoms with Crippen LogP contribution in [0.25, 0.3) is 0 Å².